The third kappa shape index (κ3) is 2.87. The largest absolute Gasteiger partial charge is 0.460 e. The van der Waals surface area contributed by atoms with Gasteiger partial charge in [-0.25, -0.2) is 0 Å². The molecule has 1 aliphatic rings. The molecule has 0 spiro atoms. The van der Waals surface area contributed by atoms with Crippen LogP contribution in [0.2, 0.25) is 0 Å². The summed E-state index contributed by atoms with van der Waals surface area (Å²) in [5.41, 5.74) is 1.93. The summed E-state index contributed by atoms with van der Waals surface area (Å²) in [7, 11) is 0. The third-order valence-electron chi connectivity index (χ3n) is 4.09. The number of amides is 1. The Morgan fingerprint density at radius 3 is 2.76 bits per heavy atom. The molecular weight excluding hydrogens is 262 g/mol. The average molecular weight is 283 g/mol. The molecule has 1 aromatic heterocycles. The Hall–Kier alpha value is -2.03. The number of aryl methyl sites for hydroxylation is 1. The van der Waals surface area contributed by atoms with Crippen LogP contribution in [0, 0.1) is 0 Å². The number of hydrogen-bond donors (Lipinski definition) is 0. The first kappa shape index (κ1) is 13.9. The number of piperidine rings is 1. The summed E-state index contributed by atoms with van der Waals surface area (Å²) in [4.78, 5) is 14.2. The molecule has 1 amide bonds. The Morgan fingerprint density at radius 2 is 2.00 bits per heavy atom. The fraction of sp³-hybridized carbons (Fsp3) is 0.389. The maximum absolute atomic E-state index is 12.2. The number of likely N-dealkylation sites (tertiary alicyclic amines) is 1. The predicted molar refractivity (Wildman–Crippen MR) is 85.1 cm³/mol. The number of para-hydroxylation sites is 1. The van der Waals surface area contributed by atoms with Crippen LogP contribution in [0.5, 0.6) is 0 Å². The fourth-order valence-corrected chi connectivity index (χ4v) is 2.94. The van der Waals surface area contributed by atoms with E-state index in [-0.39, 0.29) is 5.91 Å². The van der Waals surface area contributed by atoms with Crippen LogP contribution in [0.25, 0.3) is 17.0 Å². The van der Waals surface area contributed by atoms with Crippen LogP contribution < -0.4 is 0 Å². The zero-order valence-corrected chi connectivity index (χ0v) is 12.5. The fourth-order valence-electron chi connectivity index (χ4n) is 2.94. The number of nitrogens with zero attached hydrogens (tertiary/aromatic N) is 1. The van der Waals surface area contributed by atoms with E-state index in [0.29, 0.717) is 0 Å². The van der Waals surface area contributed by atoms with E-state index in [0.717, 1.165) is 54.6 Å². The summed E-state index contributed by atoms with van der Waals surface area (Å²) >= 11 is 0. The van der Waals surface area contributed by atoms with Crippen molar-refractivity contribution in [1.82, 2.24) is 4.90 Å². The summed E-state index contributed by atoms with van der Waals surface area (Å²) in [6.45, 7) is 3.84. The molecule has 0 unspecified atom stereocenters. The van der Waals surface area contributed by atoms with Crippen molar-refractivity contribution in [2.75, 3.05) is 13.1 Å². The van der Waals surface area contributed by atoms with Gasteiger partial charge in [-0.1, -0.05) is 25.1 Å². The van der Waals surface area contributed by atoms with Crippen molar-refractivity contribution in [3.8, 4) is 0 Å². The highest BCUT2D eigenvalue weighted by atomic mass is 16.3. The van der Waals surface area contributed by atoms with Gasteiger partial charge in [0.1, 0.15) is 11.3 Å². The van der Waals surface area contributed by atoms with Gasteiger partial charge in [0.05, 0.1) is 0 Å². The molecule has 1 saturated heterocycles. The lowest BCUT2D eigenvalue weighted by molar-refractivity contribution is -0.126. The Kier molecular flexibility index (Phi) is 4.09. The molecule has 3 heteroatoms. The van der Waals surface area contributed by atoms with E-state index in [9.17, 15) is 4.79 Å². The van der Waals surface area contributed by atoms with Crippen LogP contribution in [-0.4, -0.2) is 23.9 Å². The van der Waals surface area contributed by atoms with Crippen LogP contribution in [0.3, 0.4) is 0 Å². The van der Waals surface area contributed by atoms with Gasteiger partial charge in [-0.05, 0) is 31.4 Å². The Bertz CT molecular complexity index is 663. The van der Waals surface area contributed by atoms with E-state index in [1.807, 2.05) is 35.2 Å². The van der Waals surface area contributed by atoms with Crippen LogP contribution in [0.15, 0.2) is 34.8 Å². The highest BCUT2D eigenvalue weighted by Crippen LogP contribution is 2.27. The minimum atomic E-state index is 0.113. The summed E-state index contributed by atoms with van der Waals surface area (Å²) in [5.74, 6) is 1.06. The van der Waals surface area contributed by atoms with Crippen LogP contribution in [-0.2, 0) is 11.2 Å². The molecule has 1 fully saturated rings. The number of hydrogen-bond acceptors (Lipinski definition) is 2. The predicted octanol–water partition coefficient (Wildman–Crippen LogP) is 4.02. The molecule has 0 bridgehead atoms. The van der Waals surface area contributed by atoms with Gasteiger partial charge in [0.25, 0.3) is 0 Å². The molecule has 110 valence electrons. The lowest BCUT2D eigenvalue weighted by Gasteiger charge is -2.25. The zero-order chi connectivity index (χ0) is 14.7. The van der Waals surface area contributed by atoms with Gasteiger partial charge in [-0.3, -0.25) is 4.79 Å². The third-order valence-corrected chi connectivity index (χ3v) is 4.09. The van der Waals surface area contributed by atoms with E-state index in [2.05, 4.69) is 6.92 Å². The van der Waals surface area contributed by atoms with Gasteiger partial charge in [-0.2, -0.15) is 0 Å². The first-order chi connectivity index (χ1) is 10.3. The standard InChI is InChI=1S/C18H21NO2/c1-2-16-15(14-8-4-5-9-17(14)21-16)10-11-18(20)19-12-6-3-7-13-19/h4-5,8-11H,2-3,6-7,12-13H2,1H3/b11-10+. The van der Waals surface area contributed by atoms with E-state index in [1.54, 1.807) is 6.08 Å². The monoisotopic (exact) mass is 283 g/mol. The molecule has 1 aromatic carbocycles. The molecule has 3 nitrogen and oxygen atoms in total. The molecule has 0 atom stereocenters. The highest BCUT2D eigenvalue weighted by Gasteiger charge is 2.15. The smallest absolute Gasteiger partial charge is 0.246 e. The van der Waals surface area contributed by atoms with Crippen molar-refractivity contribution in [1.29, 1.82) is 0 Å². The first-order valence-corrected chi connectivity index (χ1v) is 7.77. The molecule has 0 radical (unpaired) electrons. The van der Waals surface area contributed by atoms with E-state index in [1.165, 1.54) is 6.42 Å². The molecule has 0 N–H and O–H groups in total. The Morgan fingerprint density at radius 1 is 1.24 bits per heavy atom. The van der Waals surface area contributed by atoms with Crippen molar-refractivity contribution in [3.05, 3.63) is 41.7 Å². The lowest BCUT2D eigenvalue weighted by atomic mass is 10.1. The normalized spacial score (nSPS) is 16.0. The van der Waals surface area contributed by atoms with Gasteiger partial charge in [0.15, 0.2) is 0 Å². The Labute approximate surface area is 125 Å². The molecule has 3 rings (SSSR count). The summed E-state index contributed by atoms with van der Waals surface area (Å²) in [6.07, 6.45) is 7.92. The van der Waals surface area contributed by atoms with E-state index >= 15 is 0 Å². The van der Waals surface area contributed by atoms with Gasteiger partial charge in [0, 0.05) is 36.5 Å². The summed E-state index contributed by atoms with van der Waals surface area (Å²) in [5, 5.41) is 1.08. The molecule has 0 aliphatic carbocycles. The quantitative estimate of drug-likeness (QED) is 0.797. The number of benzene rings is 1. The first-order valence-electron chi connectivity index (χ1n) is 7.77. The van der Waals surface area contributed by atoms with Gasteiger partial charge >= 0.3 is 0 Å². The van der Waals surface area contributed by atoms with Gasteiger partial charge < -0.3 is 9.32 Å². The van der Waals surface area contributed by atoms with Crippen molar-refractivity contribution in [2.24, 2.45) is 0 Å². The number of rotatable bonds is 3. The topological polar surface area (TPSA) is 33.5 Å². The Balaban J connectivity index is 1.86. The van der Waals surface area contributed by atoms with Gasteiger partial charge in [-0.15, -0.1) is 0 Å². The van der Waals surface area contributed by atoms with Crippen molar-refractivity contribution < 1.29 is 9.21 Å². The number of fused-ring (bicyclic) bond motifs is 1. The SMILES string of the molecule is CCc1oc2ccccc2c1/C=C/C(=O)N1CCCCC1. The summed E-state index contributed by atoms with van der Waals surface area (Å²) in [6, 6.07) is 7.99. The van der Waals surface area contributed by atoms with Crippen molar-refractivity contribution in [3.63, 3.8) is 0 Å². The summed E-state index contributed by atoms with van der Waals surface area (Å²) < 4.78 is 5.85. The molecule has 0 saturated carbocycles. The molecule has 2 heterocycles. The number of carbonyl (C=O) groups is 1. The van der Waals surface area contributed by atoms with Crippen LogP contribution in [0.4, 0.5) is 0 Å². The maximum Gasteiger partial charge on any atom is 0.246 e. The van der Waals surface area contributed by atoms with Crippen LogP contribution >= 0.6 is 0 Å². The minimum Gasteiger partial charge on any atom is -0.460 e. The average Bonchev–Trinajstić information content (AvgIpc) is 2.91. The number of carbonyl (C=O) groups excluding carboxylic acids is 1. The maximum atomic E-state index is 12.2. The molecular formula is C18H21NO2. The lowest BCUT2D eigenvalue weighted by Crippen LogP contribution is -2.34. The van der Waals surface area contributed by atoms with Crippen molar-refractivity contribution in [2.45, 2.75) is 32.6 Å². The van der Waals surface area contributed by atoms with Gasteiger partial charge in [0.2, 0.25) is 5.91 Å². The zero-order valence-electron chi connectivity index (χ0n) is 12.5. The van der Waals surface area contributed by atoms with Crippen molar-refractivity contribution >= 4 is 23.0 Å². The van der Waals surface area contributed by atoms with E-state index < -0.39 is 0 Å². The highest BCUT2D eigenvalue weighted by molar-refractivity contribution is 5.96. The minimum absolute atomic E-state index is 0.113. The molecule has 21 heavy (non-hydrogen) atoms. The van der Waals surface area contributed by atoms with E-state index in [4.69, 9.17) is 4.42 Å². The number of furan rings is 1. The molecule has 1 aliphatic heterocycles. The second-order valence-corrected chi connectivity index (χ2v) is 5.51. The molecule has 2 aromatic rings. The van der Waals surface area contributed by atoms with Crippen LogP contribution in [0.1, 0.15) is 37.5 Å². The second-order valence-electron chi connectivity index (χ2n) is 5.51. The second kappa shape index (κ2) is 6.17.